The summed E-state index contributed by atoms with van der Waals surface area (Å²) in [6.45, 7) is 0. The van der Waals surface area contributed by atoms with E-state index in [0.717, 1.165) is 12.8 Å². The van der Waals surface area contributed by atoms with Gasteiger partial charge < -0.3 is 15.0 Å². The van der Waals surface area contributed by atoms with Crippen molar-refractivity contribution in [2.45, 2.75) is 37.5 Å². The molecule has 0 aromatic carbocycles. The topological polar surface area (TPSA) is 67.4 Å². The van der Waals surface area contributed by atoms with Crippen LogP contribution >= 0.6 is 0 Å². The molecule has 1 amide bonds. The summed E-state index contributed by atoms with van der Waals surface area (Å²) in [6.07, 6.45) is 4.03. The highest BCUT2D eigenvalue weighted by Crippen LogP contribution is 2.35. The van der Waals surface area contributed by atoms with Crippen LogP contribution in [0.1, 0.15) is 29.8 Å². The zero-order valence-corrected chi connectivity index (χ0v) is 11.2. The van der Waals surface area contributed by atoms with Crippen molar-refractivity contribution in [3.63, 3.8) is 0 Å². The van der Waals surface area contributed by atoms with Gasteiger partial charge in [-0.05, 0) is 31.4 Å². The molecule has 2 saturated heterocycles. The van der Waals surface area contributed by atoms with E-state index in [1.165, 1.54) is 11.3 Å². The number of carbonyl (C=O) groups excluding carboxylic acids is 1. The van der Waals surface area contributed by atoms with E-state index in [-0.39, 0.29) is 5.91 Å². The zero-order valence-electron chi connectivity index (χ0n) is 11.2. The standard InChI is InChI=1S/C13H18N4O2/c1-17(2)13(18)9-4-6-12(16-15-9)14-10-7-8-3-5-11(10)19-8/h4,6,8,10-11H,3,5,7H2,1-2H3,(H,14,16). The normalized spacial score (nSPS) is 28.4. The maximum atomic E-state index is 11.7. The number of carbonyl (C=O) groups is 1. The predicted octanol–water partition coefficient (Wildman–Crippen LogP) is 0.910. The van der Waals surface area contributed by atoms with E-state index < -0.39 is 0 Å². The van der Waals surface area contributed by atoms with Crippen LogP contribution < -0.4 is 5.32 Å². The Bertz CT molecular complexity index is 474. The molecule has 6 heteroatoms. The number of amides is 1. The van der Waals surface area contributed by atoms with Crippen molar-refractivity contribution < 1.29 is 9.53 Å². The molecule has 3 unspecified atom stereocenters. The molecule has 2 aliphatic heterocycles. The lowest BCUT2D eigenvalue weighted by atomic mass is 9.95. The van der Waals surface area contributed by atoms with E-state index in [0.29, 0.717) is 29.8 Å². The molecule has 2 fully saturated rings. The number of nitrogens with one attached hydrogen (secondary N) is 1. The maximum Gasteiger partial charge on any atom is 0.273 e. The van der Waals surface area contributed by atoms with Crippen molar-refractivity contribution in [3.8, 4) is 0 Å². The molecule has 2 aliphatic rings. The van der Waals surface area contributed by atoms with Crippen molar-refractivity contribution in [1.29, 1.82) is 0 Å². The summed E-state index contributed by atoms with van der Waals surface area (Å²) in [7, 11) is 3.39. The third-order valence-electron chi connectivity index (χ3n) is 3.73. The highest BCUT2D eigenvalue weighted by atomic mass is 16.5. The maximum absolute atomic E-state index is 11.7. The molecule has 1 aromatic heterocycles. The van der Waals surface area contributed by atoms with Crippen molar-refractivity contribution in [3.05, 3.63) is 17.8 Å². The largest absolute Gasteiger partial charge is 0.373 e. The van der Waals surface area contributed by atoms with Crippen molar-refractivity contribution in [2.24, 2.45) is 0 Å². The first kappa shape index (κ1) is 12.3. The second-order valence-corrected chi connectivity index (χ2v) is 5.36. The smallest absolute Gasteiger partial charge is 0.273 e. The van der Waals surface area contributed by atoms with Gasteiger partial charge >= 0.3 is 0 Å². The first-order chi connectivity index (χ1) is 9.13. The van der Waals surface area contributed by atoms with E-state index in [1.807, 2.05) is 0 Å². The minimum Gasteiger partial charge on any atom is -0.373 e. The lowest BCUT2D eigenvalue weighted by Crippen LogP contribution is -2.31. The van der Waals surface area contributed by atoms with Crippen LogP contribution in [0.25, 0.3) is 0 Å². The lowest BCUT2D eigenvalue weighted by Gasteiger charge is -2.20. The molecule has 0 saturated carbocycles. The van der Waals surface area contributed by atoms with E-state index in [4.69, 9.17) is 4.74 Å². The molecule has 2 bridgehead atoms. The summed E-state index contributed by atoms with van der Waals surface area (Å²) in [6, 6.07) is 3.82. The van der Waals surface area contributed by atoms with Gasteiger partial charge in [-0.25, -0.2) is 0 Å². The fourth-order valence-corrected chi connectivity index (χ4v) is 2.73. The van der Waals surface area contributed by atoms with Gasteiger partial charge in [0.2, 0.25) is 0 Å². The average Bonchev–Trinajstić information content (AvgIpc) is 3.01. The predicted molar refractivity (Wildman–Crippen MR) is 70.0 cm³/mol. The molecule has 0 aliphatic carbocycles. The molecule has 3 heterocycles. The van der Waals surface area contributed by atoms with Crippen LogP contribution in [-0.2, 0) is 4.74 Å². The van der Waals surface area contributed by atoms with Crippen LogP contribution in [-0.4, -0.2) is 53.3 Å². The van der Waals surface area contributed by atoms with Gasteiger partial charge in [-0.1, -0.05) is 0 Å². The minimum absolute atomic E-state index is 0.137. The van der Waals surface area contributed by atoms with Gasteiger partial charge in [-0.2, -0.15) is 0 Å². The van der Waals surface area contributed by atoms with E-state index in [2.05, 4.69) is 15.5 Å². The number of aromatic nitrogens is 2. The van der Waals surface area contributed by atoms with Gasteiger partial charge in [0.1, 0.15) is 5.82 Å². The Hall–Kier alpha value is -1.69. The monoisotopic (exact) mass is 262 g/mol. The quantitative estimate of drug-likeness (QED) is 0.877. The average molecular weight is 262 g/mol. The first-order valence-corrected chi connectivity index (χ1v) is 6.61. The number of nitrogens with zero attached hydrogens (tertiary/aromatic N) is 3. The summed E-state index contributed by atoms with van der Waals surface area (Å²) >= 11 is 0. The molecule has 6 nitrogen and oxygen atoms in total. The van der Waals surface area contributed by atoms with E-state index in [1.54, 1.807) is 26.2 Å². The second-order valence-electron chi connectivity index (χ2n) is 5.36. The molecule has 3 rings (SSSR count). The molecule has 1 N–H and O–H groups in total. The Labute approximate surface area is 112 Å². The Kier molecular flexibility index (Phi) is 3.10. The fourth-order valence-electron chi connectivity index (χ4n) is 2.73. The molecule has 1 aromatic rings. The third kappa shape index (κ3) is 2.40. The number of rotatable bonds is 3. The van der Waals surface area contributed by atoms with Gasteiger partial charge in [-0.3, -0.25) is 4.79 Å². The summed E-state index contributed by atoms with van der Waals surface area (Å²) in [5, 5.41) is 11.4. The van der Waals surface area contributed by atoms with Crippen molar-refractivity contribution in [2.75, 3.05) is 19.4 Å². The second kappa shape index (κ2) is 4.77. The van der Waals surface area contributed by atoms with Crippen LogP contribution in [0.2, 0.25) is 0 Å². The summed E-state index contributed by atoms with van der Waals surface area (Å²) in [5.74, 6) is 0.568. The Morgan fingerprint density at radius 2 is 2.21 bits per heavy atom. The van der Waals surface area contributed by atoms with Crippen LogP contribution in [0, 0.1) is 0 Å². The summed E-state index contributed by atoms with van der Waals surface area (Å²) in [5.41, 5.74) is 0.361. The van der Waals surface area contributed by atoms with Gasteiger partial charge in [0.25, 0.3) is 5.91 Å². The number of hydrogen-bond acceptors (Lipinski definition) is 5. The number of anilines is 1. The molecular formula is C13H18N4O2. The van der Waals surface area contributed by atoms with Gasteiger partial charge in [0.05, 0.1) is 18.2 Å². The lowest BCUT2D eigenvalue weighted by molar-refractivity contribution is 0.0820. The van der Waals surface area contributed by atoms with Crippen LogP contribution in [0.5, 0.6) is 0 Å². The zero-order chi connectivity index (χ0) is 13.4. The Morgan fingerprint density at radius 1 is 1.37 bits per heavy atom. The van der Waals surface area contributed by atoms with Crippen LogP contribution in [0.15, 0.2) is 12.1 Å². The third-order valence-corrected chi connectivity index (χ3v) is 3.73. The highest BCUT2D eigenvalue weighted by molar-refractivity contribution is 5.91. The van der Waals surface area contributed by atoms with Gasteiger partial charge in [-0.15, -0.1) is 10.2 Å². The molecule has 0 radical (unpaired) electrons. The minimum atomic E-state index is -0.137. The number of ether oxygens (including phenoxy) is 1. The van der Waals surface area contributed by atoms with Gasteiger partial charge in [0.15, 0.2) is 5.69 Å². The summed E-state index contributed by atoms with van der Waals surface area (Å²) in [4.78, 5) is 13.2. The molecule has 102 valence electrons. The number of fused-ring (bicyclic) bond motifs is 2. The fraction of sp³-hybridized carbons (Fsp3) is 0.615. The van der Waals surface area contributed by atoms with E-state index in [9.17, 15) is 4.79 Å². The SMILES string of the molecule is CN(C)C(=O)c1ccc(NC2CC3CCC2O3)nn1. The highest BCUT2D eigenvalue weighted by Gasteiger charge is 2.40. The Morgan fingerprint density at radius 3 is 2.74 bits per heavy atom. The van der Waals surface area contributed by atoms with Crippen molar-refractivity contribution in [1.82, 2.24) is 15.1 Å². The Balaban J connectivity index is 1.65. The van der Waals surface area contributed by atoms with Crippen LogP contribution in [0.3, 0.4) is 0 Å². The first-order valence-electron chi connectivity index (χ1n) is 6.61. The van der Waals surface area contributed by atoms with Crippen molar-refractivity contribution >= 4 is 11.7 Å². The molecule has 3 atom stereocenters. The molecule has 0 spiro atoms. The van der Waals surface area contributed by atoms with Crippen LogP contribution in [0.4, 0.5) is 5.82 Å². The van der Waals surface area contributed by atoms with E-state index >= 15 is 0 Å². The van der Waals surface area contributed by atoms with Gasteiger partial charge in [0, 0.05) is 14.1 Å². The molecular weight excluding hydrogens is 244 g/mol. The number of hydrogen-bond donors (Lipinski definition) is 1. The molecule has 19 heavy (non-hydrogen) atoms. The summed E-state index contributed by atoms with van der Waals surface area (Å²) < 4.78 is 5.78.